The first kappa shape index (κ1) is 72.5. The minimum absolute atomic E-state index is 0.0202. The molecule has 0 bridgehead atoms. The summed E-state index contributed by atoms with van der Waals surface area (Å²) in [6.07, 6.45) is 2.86. The number of carboxylic acids is 1. The standard InChI is InChI=1S/C60H88IN15O12/c1-36(2)30-46(74-56(84)47(32-37-12-4-3-5-13-37)70-51(79)35-68-50(78)34-69-52(80)42(64)31-38-20-24-41(77)25-21-38)55(83)72-44(16-10-28-67-60(65)66)53(81)71-43(14-6-8-26-62)54(82)75-48(33-39-18-22-40(61)23-19-39)58(86)76-29-11-17-49(76)57(85)73-45(59(87)88)15-7-9-27-63/h3-5,12-13,18-25,36,42-49,77H,6-11,14-17,26-35,62-64H2,1-2H3,(H,68,78)(H,69,80)(H,70,79)(H,71,81)(H,72,83)(H,73,85)(H,74,84)(H,75,82)(H,87,88)(H4,65,66,67)/t42-,43-,44-,45-,46-,47-,48-,49-/m0/s1. The number of carbonyl (C=O) groups is 10. The summed E-state index contributed by atoms with van der Waals surface area (Å²) in [7, 11) is 0. The van der Waals surface area contributed by atoms with Crippen molar-refractivity contribution in [1.29, 1.82) is 0 Å². The van der Waals surface area contributed by atoms with E-state index in [0.717, 1.165) is 3.57 Å². The van der Waals surface area contributed by atoms with Crippen LogP contribution in [-0.4, -0.2) is 168 Å². The third kappa shape index (κ3) is 26.2. The van der Waals surface area contributed by atoms with Crippen molar-refractivity contribution in [3.8, 4) is 5.75 Å². The highest BCUT2D eigenvalue weighted by molar-refractivity contribution is 14.1. The van der Waals surface area contributed by atoms with Gasteiger partial charge in [-0.1, -0.05) is 68.4 Å². The number of nitrogens with zero attached hydrogens (tertiary/aromatic N) is 2. The normalized spacial score (nSPS) is 15.2. The Kier molecular flexibility index (Phi) is 31.6. The number of halogens is 1. The Morgan fingerprint density at radius 3 is 1.69 bits per heavy atom. The molecule has 9 amide bonds. The number of carboxylic acid groups (broad SMARTS) is 1. The Balaban J connectivity index is 1.55. The Labute approximate surface area is 526 Å². The van der Waals surface area contributed by atoms with Crippen LogP contribution < -0.4 is 71.2 Å². The van der Waals surface area contributed by atoms with Gasteiger partial charge in [-0.3, -0.25) is 48.1 Å². The van der Waals surface area contributed by atoms with Crippen molar-refractivity contribution in [2.24, 2.45) is 39.6 Å². The number of rotatable bonds is 38. The molecule has 20 N–H and O–H groups in total. The van der Waals surface area contributed by atoms with E-state index in [9.17, 15) is 58.2 Å². The van der Waals surface area contributed by atoms with Crippen molar-refractivity contribution in [1.82, 2.24) is 47.4 Å². The quantitative estimate of drug-likeness (QED) is 0.0141. The molecule has 88 heavy (non-hydrogen) atoms. The Morgan fingerprint density at radius 2 is 1.10 bits per heavy atom. The molecule has 0 unspecified atom stereocenters. The molecule has 0 spiro atoms. The highest BCUT2D eigenvalue weighted by atomic mass is 127. The average molecular weight is 1340 g/mol. The molecule has 27 nitrogen and oxygen atoms in total. The molecule has 1 fully saturated rings. The zero-order chi connectivity index (χ0) is 64.7. The molecular formula is C60H88IN15O12. The number of nitrogens with two attached hydrogens (primary N) is 5. The van der Waals surface area contributed by atoms with E-state index >= 15 is 0 Å². The van der Waals surface area contributed by atoms with Crippen LogP contribution in [0.5, 0.6) is 5.75 Å². The predicted octanol–water partition coefficient (Wildman–Crippen LogP) is -1.07. The smallest absolute Gasteiger partial charge is 0.326 e. The fraction of sp³-hybridized carbons (Fsp3) is 0.517. The van der Waals surface area contributed by atoms with Gasteiger partial charge in [0.2, 0.25) is 53.2 Å². The lowest BCUT2D eigenvalue weighted by atomic mass is 10.00. The Morgan fingerprint density at radius 1 is 0.591 bits per heavy atom. The van der Waals surface area contributed by atoms with E-state index in [-0.39, 0.29) is 95.0 Å². The van der Waals surface area contributed by atoms with Gasteiger partial charge >= 0.3 is 5.97 Å². The van der Waals surface area contributed by atoms with Gasteiger partial charge < -0.3 is 86.3 Å². The van der Waals surface area contributed by atoms with Crippen LogP contribution in [0.4, 0.5) is 0 Å². The van der Waals surface area contributed by atoms with Gasteiger partial charge in [0.1, 0.15) is 48.0 Å². The molecule has 1 heterocycles. The lowest BCUT2D eigenvalue weighted by molar-refractivity contribution is -0.145. The van der Waals surface area contributed by atoms with Crippen LogP contribution in [-0.2, 0) is 67.2 Å². The first-order chi connectivity index (χ1) is 42.0. The van der Waals surface area contributed by atoms with Crippen LogP contribution in [0.3, 0.4) is 0 Å². The Hall–Kier alpha value is -7.96. The van der Waals surface area contributed by atoms with Crippen molar-refractivity contribution in [3.05, 3.63) is 99.1 Å². The third-order valence-corrected chi connectivity index (χ3v) is 15.1. The number of likely N-dealkylation sites (tertiary alicyclic amines) is 1. The van der Waals surface area contributed by atoms with E-state index in [4.69, 9.17) is 28.7 Å². The highest BCUT2D eigenvalue weighted by Crippen LogP contribution is 2.22. The fourth-order valence-electron chi connectivity index (χ4n) is 9.73. The number of nitrogens with one attached hydrogen (secondary N) is 8. The SMILES string of the molecule is CC(C)C[C@H](NC(=O)[C@H](Cc1ccccc1)NC(=O)CNC(=O)CNC(=O)[C@@H](N)Cc1ccc(O)cc1)C(=O)N[C@@H](CCCN=C(N)N)C(=O)N[C@@H](CCCCN)C(=O)N[C@@H](Cc1ccc(I)cc1)C(=O)N1CCC[C@H]1C(=O)N[C@@H](CCCCN)C(=O)O. The number of hydrogen-bond acceptors (Lipinski definition) is 15. The van der Waals surface area contributed by atoms with Crippen LogP contribution >= 0.6 is 22.6 Å². The third-order valence-electron chi connectivity index (χ3n) is 14.4. The molecule has 4 rings (SSSR count). The number of amides is 9. The summed E-state index contributed by atoms with van der Waals surface area (Å²) in [5, 5.41) is 40.7. The molecule has 0 radical (unpaired) electrons. The lowest BCUT2D eigenvalue weighted by Gasteiger charge is -2.31. The second kappa shape index (κ2) is 38.3. The summed E-state index contributed by atoms with van der Waals surface area (Å²) >= 11 is 2.14. The second-order valence-corrected chi connectivity index (χ2v) is 23.3. The molecule has 482 valence electrons. The number of phenolic OH excluding ortho intramolecular Hbond substituents is 1. The number of guanidine groups is 1. The number of aliphatic imine (C=N–C) groups is 1. The van der Waals surface area contributed by atoms with E-state index in [2.05, 4.69) is 70.1 Å². The van der Waals surface area contributed by atoms with E-state index in [0.29, 0.717) is 55.3 Å². The molecule has 1 saturated heterocycles. The van der Waals surface area contributed by atoms with Gasteiger partial charge in [-0.05, 0) is 160 Å². The van der Waals surface area contributed by atoms with Crippen molar-refractivity contribution in [2.75, 3.05) is 39.3 Å². The molecule has 0 saturated carbocycles. The van der Waals surface area contributed by atoms with Crippen LogP contribution in [0, 0.1) is 9.49 Å². The van der Waals surface area contributed by atoms with Gasteiger partial charge in [-0.25, -0.2) is 4.79 Å². The maximum absolute atomic E-state index is 14.7. The van der Waals surface area contributed by atoms with Crippen LogP contribution in [0.25, 0.3) is 0 Å². The monoisotopic (exact) mass is 1340 g/mol. The summed E-state index contributed by atoms with van der Waals surface area (Å²) in [5.41, 5.74) is 30.7. The molecular weight excluding hydrogens is 1250 g/mol. The molecule has 28 heteroatoms. The van der Waals surface area contributed by atoms with Gasteiger partial charge in [0.15, 0.2) is 5.96 Å². The minimum atomic E-state index is -1.36. The molecule has 1 aliphatic heterocycles. The number of phenols is 1. The van der Waals surface area contributed by atoms with Crippen LogP contribution in [0.15, 0.2) is 83.9 Å². The van der Waals surface area contributed by atoms with Crippen LogP contribution in [0.2, 0.25) is 0 Å². The van der Waals surface area contributed by atoms with Crippen molar-refractivity contribution >= 4 is 87.7 Å². The van der Waals surface area contributed by atoms with Gasteiger partial charge in [0.05, 0.1) is 19.1 Å². The number of unbranched alkanes of at least 4 members (excludes halogenated alkanes) is 2. The van der Waals surface area contributed by atoms with Gasteiger partial charge in [0, 0.05) is 29.5 Å². The largest absolute Gasteiger partial charge is 0.508 e. The maximum Gasteiger partial charge on any atom is 0.326 e. The number of hydrogen-bond donors (Lipinski definition) is 15. The molecule has 0 aliphatic carbocycles. The molecule has 3 aromatic rings. The summed E-state index contributed by atoms with van der Waals surface area (Å²) in [6.45, 7) is 3.30. The highest BCUT2D eigenvalue weighted by Gasteiger charge is 2.40. The summed E-state index contributed by atoms with van der Waals surface area (Å²) in [6, 6.07) is 12.3. The van der Waals surface area contributed by atoms with Gasteiger partial charge in [-0.15, -0.1) is 0 Å². The Bertz CT molecular complexity index is 2810. The minimum Gasteiger partial charge on any atom is -0.508 e. The summed E-state index contributed by atoms with van der Waals surface area (Å²) < 4.78 is 0.911. The summed E-state index contributed by atoms with van der Waals surface area (Å²) in [5.74, 6) is -8.11. The fourth-order valence-corrected chi connectivity index (χ4v) is 10.1. The van der Waals surface area contributed by atoms with E-state index in [1.54, 1.807) is 54.6 Å². The van der Waals surface area contributed by atoms with E-state index < -0.39 is 121 Å². The van der Waals surface area contributed by atoms with E-state index in [1.807, 2.05) is 26.0 Å². The van der Waals surface area contributed by atoms with E-state index in [1.165, 1.54) is 17.0 Å². The number of aromatic hydroxyl groups is 1. The first-order valence-electron chi connectivity index (χ1n) is 29.6. The molecule has 0 aromatic heterocycles. The first-order valence-corrected chi connectivity index (χ1v) is 30.7. The van der Waals surface area contributed by atoms with Crippen LogP contribution in [0.1, 0.15) is 101 Å². The number of benzene rings is 3. The predicted molar refractivity (Wildman–Crippen MR) is 338 cm³/mol. The molecule has 1 aliphatic rings. The van der Waals surface area contributed by atoms with Gasteiger partial charge in [-0.2, -0.15) is 0 Å². The van der Waals surface area contributed by atoms with Crippen molar-refractivity contribution < 1.29 is 58.2 Å². The van der Waals surface area contributed by atoms with Crippen molar-refractivity contribution in [2.45, 2.75) is 152 Å². The maximum atomic E-state index is 14.7. The molecule has 8 atom stereocenters. The lowest BCUT2D eigenvalue weighted by Crippen LogP contribution is -2.60. The van der Waals surface area contributed by atoms with Gasteiger partial charge in [0.25, 0.3) is 0 Å². The zero-order valence-electron chi connectivity index (χ0n) is 50.0. The molecule has 3 aromatic carbocycles. The van der Waals surface area contributed by atoms with Crippen molar-refractivity contribution in [3.63, 3.8) is 0 Å². The number of aliphatic carboxylic acids is 1. The second-order valence-electron chi connectivity index (χ2n) is 22.1. The number of carbonyl (C=O) groups excluding carboxylic acids is 9. The topological polar surface area (TPSA) is 453 Å². The summed E-state index contributed by atoms with van der Waals surface area (Å²) in [4.78, 5) is 143. The average Bonchev–Trinajstić information content (AvgIpc) is 3.54. The zero-order valence-corrected chi connectivity index (χ0v) is 52.1.